The third kappa shape index (κ3) is 4.81. The molecule has 0 aliphatic rings. The summed E-state index contributed by atoms with van der Waals surface area (Å²) in [6.07, 6.45) is 0.225. The molecular weight excluding hydrogens is 375 g/mol. The molecule has 2 aromatic rings. The van der Waals surface area contributed by atoms with Gasteiger partial charge in [-0.25, -0.2) is 0 Å². The number of benzene rings is 2. The largest absolute Gasteiger partial charge is 0.549 e. The quantitative estimate of drug-likeness (QED) is 0.383. The molecule has 0 saturated carbocycles. The summed E-state index contributed by atoms with van der Waals surface area (Å²) in [5.41, 5.74) is 3.71. The fourth-order valence-electron chi connectivity index (χ4n) is 2.46. The molecule has 0 saturated heterocycles. The van der Waals surface area contributed by atoms with Crippen LogP contribution in [0.2, 0.25) is 0 Å². The Kier molecular flexibility index (Phi) is 6.64. The topological polar surface area (TPSA) is 43.4 Å². The number of Topliss-reactive ketones (excluding diaryl/α,β-unsaturated/α-hetero) is 1. The Morgan fingerprint density at radius 3 is 2.30 bits per heavy atom. The molecule has 0 heterocycles. The molecule has 0 amide bonds. The molecule has 3 nitrogen and oxygen atoms in total. The highest BCUT2D eigenvalue weighted by atomic mass is 79.9. The van der Waals surface area contributed by atoms with E-state index in [2.05, 4.69) is 15.9 Å². The van der Waals surface area contributed by atoms with Crippen LogP contribution in [0.1, 0.15) is 33.5 Å². The van der Waals surface area contributed by atoms with Crippen molar-refractivity contribution in [1.29, 1.82) is 0 Å². The van der Waals surface area contributed by atoms with Crippen molar-refractivity contribution in [2.24, 2.45) is 0 Å². The summed E-state index contributed by atoms with van der Waals surface area (Å²) in [5.74, 6) is -0.00270. The lowest BCUT2D eigenvalue weighted by molar-refractivity contribution is 0.0965. The van der Waals surface area contributed by atoms with E-state index in [1.54, 1.807) is 12.1 Å². The molecule has 0 aliphatic carbocycles. The Bertz CT molecular complexity index is 690. The lowest BCUT2D eigenvalue weighted by atomic mass is 10.1. The van der Waals surface area contributed by atoms with Gasteiger partial charge >= 0.3 is 8.03 Å². The van der Waals surface area contributed by atoms with E-state index in [1.807, 2.05) is 44.2 Å². The summed E-state index contributed by atoms with van der Waals surface area (Å²) in [4.78, 5) is 12.0. The van der Waals surface area contributed by atoms with E-state index in [9.17, 15) is 9.36 Å². The molecule has 120 valence electrons. The average molecular weight is 394 g/mol. The van der Waals surface area contributed by atoms with Crippen molar-refractivity contribution in [1.82, 2.24) is 0 Å². The third-order valence-corrected chi connectivity index (χ3v) is 5.66. The molecule has 2 aromatic carbocycles. The minimum absolute atomic E-state index is 0.00270. The number of carbonyl (C=O) groups is 1. The van der Waals surface area contributed by atoms with E-state index in [-0.39, 0.29) is 18.8 Å². The zero-order valence-corrected chi connectivity index (χ0v) is 15.7. The highest BCUT2D eigenvalue weighted by Crippen LogP contribution is 2.27. The van der Waals surface area contributed by atoms with E-state index < -0.39 is 8.03 Å². The number of halogens is 1. The van der Waals surface area contributed by atoms with Crippen molar-refractivity contribution in [2.75, 3.05) is 6.61 Å². The first-order valence-corrected chi connectivity index (χ1v) is 9.67. The van der Waals surface area contributed by atoms with E-state index in [0.717, 1.165) is 27.3 Å². The Labute approximate surface area is 146 Å². The van der Waals surface area contributed by atoms with Crippen LogP contribution in [0, 0.1) is 13.8 Å². The van der Waals surface area contributed by atoms with Gasteiger partial charge in [-0.1, -0.05) is 58.4 Å². The summed E-state index contributed by atoms with van der Waals surface area (Å²) in [7, 11) is -1.95. The predicted octanol–water partition coefficient (Wildman–Crippen LogP) is 4.86. The summed E-state index contributed by atoms with van der Waals surface area (Å²) in [6.45, 7) is 4.02. The van der Waals surface area contributed by atoms with Gasteiger partial charge in [0.15, 0.2) is 5.78 Å². The van der Waals surface area contributed by atoms with Crippen LogP contribution in [0.25, 0.3) is 0 Å². The Morgan fingerprint density at radius 2 is 1.74 bits per heavy atom. The standard InChI is InChI=1S/C18H19BrO3P/c1-13-10-15(12-19)11-14(2)18(13)23(21)22-9-8-17(20)16-6-4-3-5-7-16/h3-7,10-11H,8-9,12H2,1-2H3/q+1. The number of aryl methyl sites for hydroxylation is 2. The lowest BCUT2D eigenvalue weighted by Crippen LogP contribution is -2.10. The Morgan fingerprint density at radius 1 is 1.13 bits per heavy atom. The van der Waals surface area contributed by atoms with Gasteiger partial charge < -0.3 is 0 Å². The van der Waals surface area contributed by atoms with Gasteiger partial charge in [-0.3, -0.25) is 4.79 Å². The molecule has 2 rings (SSSR count). The average Bonchev–Trinajstić information content (AvgIpc) is 2.54. The fourth-order valence-corrected chi connectivity index (χ4v) is 3.88. The molecule has 0 N–H and O–H groups in total. The number of carbonyl (C=O) groups excluding carboxylic acids is 1. The molecule has 1 unspecified atom stereocenters. The van der Waals surface area contributed by atoms with Crippen LogP contribution in [-0.4, -0.2) is 12.4 Å². The smallest absolute Gasteiger partial charge is 0.294 e. The lowest BCUT2D eigenvalue weighted by Gasteiger charge is -2.03. The van der Waals surface area contributed by atoms with Gasteiger partial charge in [0.05, 0.1) is 0 Å². The molecule has 0 bridgehead atoms. The Balaban J connectivity index is 1.97. The van der Waals surface area contributed by atoms with Gasteiger partial charge in [0, 0.05) is 28.4 Å². The Hall–Kier alpha value is -1.35. The van der Waals surface area contributed by atoms with Crippen molar-refractivity contribution in [3.63, 3.8) is 0 Å². The van der Waals surface area contributed by atoms with Crippen LogP contribution in [0.3, 0.4) is 0 Å². The second-order valence-corrected chi connectivity index (χ2v) is 7.12. The summed E-state index contributed by atoms with van der Waals surface area (Å²) in [6, 6.07) is 13.1. The van der Waals surface area contributed by atoms with Crippen molar-refractivity contribution >= 4 is 35.0 Å². The molecule has 0 aromatic heterocycles. The van der Waals surface area contributed by atoms with E-state index in [4.69, 9.17) is 4.52 Å². The molecule has 5 heteroatoms. The van der Waals surface area contributed by atoms with E-state index in [0.29, 0.717) is 5.56 Å². The van der Waals surface area contributed by atoms with Crippen LogP contribution in [0.5, 0.6) is 0 Å². The minimum atomic E-state index is -1.95. The van der Waals surface area contributed by atoms with Gasteiger partial charge in [-0.15, -0.1) is 4.52 Å². The van der Waals surface area contributed by atoms with Crippen LogP contribution in [-0.2, 0) is 14.4 Å². The molecular formula is C18H19BrO3P+. The van der Waals surface area contributed by atoms with Gasteiger partial charge in [-0.2, -0.15) is 0 Å². The van der Waals surface area contributed by atoms with Crippen molar-refractivity contribution in [3.8, 4) is 0 Å². The number of hydrogen-bond donors (Lipinski definition) is 0. The van der Waals surface area contributed by atoms with Crippen molar-refractivity contribution in [3.05, 3.63) is 64.7 Å². The number of hydrogen-bond acceptors (Lipinski definition) is 3. The first-order valence-electron chi connectivity index (χ1n) is 7.37. The second-order valence-electron chi connectivity index (χ2n) is 5.34. The molecule has 0 spiro atoms. The maximum Gasteiger partial charge on any atom is 0.549 e. The second kappa shape index (κ2) is 8.49. The third-order valence-electron chi connectivity index (χ3n) is 3.52. The first-order chi connectivity index (χ1) is 11.0. The van der Waals surface area contributed by atoms with Crippen LogP contribution >= 0.6 is 24.0 Å². The van der Waals surface area contributed by atoms with Gasteiger partial charge in [0.25, 0.3) is 0 Å². The summed E-state index contributed by atoms with van der Waals surface area (Å²) >= 11 is 3.43. The monoisotopic (exact) mass is 393 g/mol. The number of ketones is 1. The molecule has 0 fully saturated rings. The minimum Gasteiger partial charge on any atom is -0.294 e. The maximum absolute atomic E-state index is 12.4. The predicted molar refractivity (Wildman–Crippen MR) is 97.1 cm³/mol. The molecule has 23 heavy (non-hydrogen) atoms. The molecule has 1 atom stereocenters. The SMILES string of the molecule is Cc1cc(CBr)cc(C)c1[P+](=O)OCCC(=O)c1ccccc1. The highest BCUT2D eigenvalue weighted by molar-refractivity contribution is 9.08. The number of alkyl halides is 1. The van der Waals surface area contributed by atoms with Crippen LogP contribution in [0.4, 0.5) is 0 Å². The normalized spacial score (nSPS) is 11.3. The molecule has 0 radical (unpaired) electrons. The summed E-state index contributed by atoms with van der Waals surface area (Å²) in [5, 5.41) is 1.50. The zero-order chi connectivity index (χ0) is 16.8. The van der Waals surface area contributed by atoms with Gasteiger partial charge in [0.1, 0.15) is 6.61 Å². The first kappa shape index (κ1) is 18.0. The van der Waals surface area contributed by atoms with Gasteiger partial charge in [-0.05, 0) is 24.0 Å². The van der Waals surface area contributed by atoms with E-state index in [1.165, 1.54) is 0 Å². The van der Waals surface area contributed by atoms with E-state index >= 15 is 0 Å². The van der Waals surface area contributed by atoms with Crippen molar-refractivity contribution in [2.45, 2.75) is 25.6 Å². The van der Waals surface area contributed by atoms with Crippen LogP contribution in [0.15, 0.2) is 42.5 Å². The molecule has 0 aliphatic heterocycles. The van der Waals surface area contributed by atoms with Crippen LogP contribution < -0.4 is 5.30 Å². The summed E-state index contributed by atoms with van der Waals surface area (Å²) < 4.78 is 17.8. The zero-order valence-electron chi connectivity index (χ0n) is 13.2. The maximum atomic E-state index is 12.4. The van der Waals surface area contributed by atoms with Gasteiger partial charge in [0.2, 0.25) is 5.30 Å². The number of rotatable bonds is 7. The highest BCUT2D eigenvalue weighted by Gasteiger charge is 2.28. The fraction of sp³-hybridized carbons (Fsp3) is 0.278. The van der Waals surface area contributed by atoms with Crippen molar-refractivity contribution < 1.29 is 13.9 Å².